The molecule has 0 saturated carbocycles. The summed E-state index contributed by atoms with van der Waals surface area (Å²) in [5.74, 6) is 0. The van der Waals surface area contributed by atoms with Crippen molar-refractivity contribution in [1.29, 1.82) is 0 Å². The largest absolute Gasteiger partial charge is 0.313 e. The highest BCUT2D eigenvalue weighted by molar-refractivity contribution is 7.89. The summed E-state index contributed by atoms with van der Waals surface area (Å²) in [7, 11) is -3.60. The van der Waals surface area contributed by atoms with Gasteiger partial charge in [-0.05, 0) is 30.7 Å². The number of nitrogens with two attached hydrogens (primary N) is 1. The minimum atomic E-state index is -3.60. The van der Waals surface area contributed by atoms with Crippen LogP contribution in [0.3, 0.4) is 0 Å². The van der Waals surface area contributed by atoms with Crippen molar-refractivity contribution in [2.45, 2.75) is 56.9 Å². The monoisotopic (exact) mass is 298 g/mol. The molecule has 5 heteroatoms. The number of rotatable bonds is 10. The minimum absolute atomic E-state index is 0.177. The topological polar surface area (TPSA) is 72.2 Å². The van der Waals surface area contributed by atoms with Crippen LogP contribution >= 0.6 is 0 Å². The van der Waals surface area contributed by atoms with E-state index in [0.717, 1.165) is 12.1 Å². The Hall–Kier alpha value is -0.910. The van der Waals surface area contributed by atoms with Crippen molar-refractivity contribution in [3.05, 3.63) is 29.8 Å². The second kappa shape index (κ2) is 9.10. The molecule has 0 aliphatic heterocycles. The molecular weight excluding hydrogens is 272 g/mol. The van der Waals surface area contributed by atoms with Crippen LogP contribution in [0.25, 0.3) is 0 Å². The lowest BCUT2D eigenvalue weighted by molar-refractivity contribution is 0.571. The zero-order valence-electron chi connectivity index (χ0n) is 12.3. The van der Waals surface area contributed by atoms with E-state index >= 15 is 0 Å². The molecule has 0 atom stereocenters. The Balaban J connectivity index is 2.22. The Labute approximate surface area is 122 Å². The van der Waals surface area contributed by atoms with Gasteiger partial charge in [-0.2, -0.15) is 0 Å². The Bertz CT molecular complexity index is 486. The number of hydrogen-bond donors (Lipinski definition) is 2. The van der Waals surface area contributed by atoms with Crippen LogP contribution < -0.4 is 10.5 Å². The van der Waals surface area contributed by atoms with Crippen molar-refractivity contribution >= 4 is 10.0 Å². The summed E-state index contributed by atoms with van der Waals surface area (Å²) in [6.45, 7) is 3.86. The predicted molar refractivity (Wildman–Crippen MR) is 82.9 cm³/mol. The minimum Gasteiger partial charge on any atom is -0.313 e. The van der Waals surface area contributed by atoms with E-state index in [1.54, 1.807) is 12.1 Å². The van der Waals surface area contributed by atoms with Gasteiger partial charge in [0, 0.05) is 6.54 Å². The van der Waals surface area contributed by atoms with Crippen LogP contribution in [0.1, 0.15) is 51.0 Å². The van der Waals surface area contributed by atoms with Gasteiger partial charge in [0.1, 0.15) is 0 Å². The molecule has 1 aromatic carbocycles. The molecule has 0 aliphatic rings. The van der Waals surface area contributed by atoms with E-state index < -0.39 is 10.0 Å². The van der Waals surface area contributed by atoms with Crippen molar-refractivity contribution in [3.8, 4) is 0 Å². The molecule has 1 aromatic rings. The van der Waals surface area contributed by atoms with Crippen LogP contribution in [0, 0.1) is 0 Å². The van der Waals surface area contributed by atoms with Crippen molar-refractivity contribution in [2.75, 3.05) is 6.54 Å². The molecule has 20 heavy (non-hydrogen) atoms. The van der Waals surface area contributed by atoms with Gasteiger partial charge >= 0.3 is 0 Å². The van der Waals surface area contributed by atoms with Gasteiger partial charge in [0.05, 0.1) is 4.90 Å². The number of benzene rings is 1. The maximum absolute atomic E-state index is 11.2. The normalized spacial score (nSPS) is 11.7. The average molecular weight is 298 g/mol. The Morgan fingerprint density at radius 3 is 2.50 bits per heavy atom. The summed E-state index contributed by atoms with van der Waals surface area (Å²) in [6, 6.07) is 6.78. The van der Waals surface area contributed by atoms with Crippen molar-refractivity contribution in [2.24, 2.45) is 5.14 Å². The fraction of sp³-hybridized carbons (Fsp3) is 0.600. The molecule has 0 saturated heterocycles. The fourth-order valence-electron chi connectivity index (χ4n) is 2.10. The maximum Gasteiger partial charge on any atom is 0.238 e. The van der Waals surface area contributed by atoms with Gasteiger partial charge in [0.15, 0.2) is 0 Å². The molecule has 0 spiro atoms. The number of hydrogen-bond acceptors (Lipinski definition) is 3. The van der Waals surface area contributed by atoms with Crippen LogP contribution in [0.15, 0.2) is 29.2 Å². The van der Waals surface area contributed by atoms with Crippen LogP contribution in [0.2, 0.25) is 0 Å². The molecule has 114 valence electrons. The molecule has 1 rings (SSSR count). The van der Waals surface area contributed by atoms with Gasteiger partial charge in [0.2, 0.25) is 10.0 Å². The molecule has 0 heterocycles. The Kier molecular flexibility index (Phi) is 7.80. The van der Waals surface area contributed by atoms with Crippen LogP contribution in [-0.2, 0) is 16.6 Å². The van der Waals surface area contributed by atoms with Crippen LogP contribution in [-0.4, -0.2) is 15.0 Å². The first-order valence-corrected chi connectivity index (χ1v) is 8.91. The Morgan fingerprint density at radius 2 is 1.80 bits per heavy atom. The number of primary sulfonamides is 1. The van der Waals surface area contributed by atoms with Crippen molar-refractivity contribution in [3.63, 3.8) is 0 Å². The summed E-state index contributed by atoms with van der Waals surface area (Å²) in [5.41, 5.74) is 0.947. The first kappa shape index (κ1) is 17.1. The zero-order valence-corrected chi connectivity index (χ0v) is 13.1. The van der Waals surface area contributed by atoms with E-state index in [1.807, 2.05) is 6.07 Å². The molecule has 0 unspecified atom stereocenters. The quantitative estimate of drug-likeness (QED) is 0.652. The number of sulfonamides is 1. The molecule has 0 fully saturated rings. The van der Waals surface area contributed by atoms with Crippen LogP contribution in [0.4, 0.5) is 0 Å². The number of unbranched alkanes of at least 4 members (excludes halogenated alkanes) is 5. The molecule has 3 N–H and O–H groups in total. The summed E-state index contributed by atoms with van der Waals surface area (Å²) in [4.78, 5) is 0.177. The lowest BCUT2D eigenvalue weighted by atomic mass is 10.1. The molecular formula is C15H26N2O2S. The third-order valence-corrected chi connectivity index (χ3v) is 4.17. The molecule has 0 aromatic heterocycles. The highest BCUT2D eigenvalue weighted by Gasteiger charge is 2.07. The van der Waals surface area contributed by atoms with Crippen LogP contribution in [0.5, 0.6) is 0 Å². The molecule has 4 nitrogen and oxygen atoms in total. The first-order valence-electron chi connectivity index (χ1n) is 7.36. The SMILES string of the molecule is CCCCCCCCNCc1cccc(S(N)(=O)=O)c1. The molecule has 0 radical (unpaired) electrons. The number of nitrogens with one attached hydrogen (secondary N) is 1. The summed E-state index contributed by atoms with van der Waals surface area (Å²) < 4.78 is 22.5. The van der Waals surface area contributed by atoms with E-state index in [2.05, 4.69) is 12.2 Å². The second-order valence-electron chi connectivity index (χ2n) is 5.14. The highest BCUT2D eigenvalue weighted by Crippen LogP contribution is 2.09. The summed E-state index contributed by atoms with van der Waals surface area (Å²) in [5, 5.41) is 8.45. The Morgan fingerprint density at radius 1 is 1.10 bits per heavy atom. The fourth-order valence-corrected chi connectivity index (χ4v) is 2.68. The van der Waals surface area contributed by atoms with Gasteiger partial charge in [-0.15, -0.1) is 0 Å². The van der Waals surface area contributed by atoms with E-state index in [0.29, 0.717) is 6.54 Å². The standard InChI is InChI=1S/C15H26N2O2S/c1-2-3-4-5-6-7-11-17-13-14-9-8-10-15(12-14)20(16,18)19/h8-10,12,17H,2-7,11,13H2,1H3,(H2,16,18,19). The molecule has 0 bridgehead atoms. The van der Waals surface area contributed by atoms with E-state index in [4.69, 9.17) is 5.14 Å². The lowest BCUT2D eigenvalue weighted by Gasteiger charge is -2.06. The van der Waals surface area contributed by atoms with E-state index in [9.17, 15) is 8.42 Å². The van der Waals surface area contributed by atoms with E-state index in [-0.39, 0.29) is 4.90 Å². The summed E-state index contributed by atoms with van der Waals surface area (Å²) in [6.07, 6.45) is 7.65. The average Bonchev–Trinajstić information content (AvgIpc) is 2.41. The third kappa shape index (κ3) is 7.03. The van der Waals surface area contributed by atoms with Crippen molar-refractivity contribution < 1.29 is 8.42 Å². The predicted octanol–water partition coefficient (Wildman–Crippen LogP) is 2.78. The maximum atomic E-state index is 11.2. The smallest absolute Gasteiger partial charge is 0.238 e. The first-order chi connectivity index (χ1) is 9.54. The van der Waals surface area contributed by atoms with Crippen molar-refractivity contribution in [1.82, 2.24) is 5.32 Å². The van der Waals surface area contributed by atoms with E-state index in [1.165, 1.54) is 44.6 Å². The zero-order chi connectivity index (χ0) is 14.8. The van der Waals surface area contributed by atoms with Gasteiger partial charge in [-0.3, -0.25) is 0 Å². The van der Waals surface area contributed by atoms with Gasteiger partial charge < -0.3 is 5.32 Å². The second-order valence-corrected chi connectivity index (χ2v) is 6.70. The highest BCUT2D eigenvalue weighted by atomic mass is 32.2. The third-order valence-electron chi connectivity index (χ3n) is 3.26. The lowest BCUT2D eigenvalue weighted by Crippen LogP contribution is -2.16. The molecule has 0 aliphatic carbocycles. The summed E-state index contributed by atoms with van der Waals surface area (Å²) >= 11 is 0. The van der Waals surface area contributed by atoms with Gasteiger partial charge in [-0.25, -0.2) is 13.6 Å². The van der Waals surface area contributed by atoms with Gasteiger partial charge in [0.25, 0.3) is 0 Å². The molecule has 0 amide bonds. The van der Waals surface area contributed by atoms with Gasteiger partial charge in [-0.1, -0.05) is 51.2 Å².